The Bertz CT molecular complexity index is 1360. The average molecular weight is 502 g/mol. The Morgan fingerprint density at radius 2 is 1.64 bits per heavy atom. The highest BCUT2D eigenvalue weighted by molar-refractivity contribution is 6.35. The molecule has 0 radical (unpaired) electrons. The zero-order chi connectivity index (χ0) is 24.3. The number of fused-ring (bicyclic) bond motifs is 7. The number of benzene rings is 2. The fourth-order valence-corrected chi connectivity index (χ4v) is 8.25. The molecule has 0 amide bonds. The summed E-state index contributed by atoms with van der Waals surface area (Å²) in [4.78, 5) is 20.7. The molecule has 3 heterocycles. The maximum Gasteiger partial charge on any atom is 0.282 e. The molecule has 1 aromatic heterocycles. The molecule has 0 unspecified atom stereocenters. The van der Waals surface area contributed by atoms with Gasteiger partial charge in [0, 0.05) is 6.04 Å². The Labute approximate surface area is 218 Å². The number of hydrogen-bond acceptors (Lipinski definition) is 3. The van der Waals surface area contributed by atoms with Gasteiger partial charge in [0.15, 0.2) is 0 Å². The highest BCUT2D eigenvalue weighted by atomic mass is 35.5. The summed E-state index contributed by atoms with van der Waals surface area (Å²) in [5, 5.41) is 1.05. The zero-order valence-corrected chi connectivity index (χ0v) is 21.9. The molecule has 0 atom stereocenters. The van der Waals surface area contributed by atoms with Crippen molar-refractivity contribution < 1.29 is 0 Å². The third-order valence-electron chi connectivity index (χ3n) is 9.87. The summed E-state index contributed by atoms with van der Waals surface area (Å²) in [5.74, 6) is 1.55. The largest absolute Gasteiger partial charge is 0.300 e. The predicted molar refractivity (Wildman–Crippen MR) is 147 cm³/mol. The number of nitrogens with zero attached hydrogens (tertiary/aromatic N) is 3. The van der Waals surface area contributed by atoms with E-state index in [-0.39, 0.29) is 11.0 Å². The minimum atomic E-state index is -0.185. The van der Waals surface area contributed by atoms with Gasteiger partial charge >= 0.3 is 0 Å². The lowest BCUT2D eigenvalue weighted by Crippen LogP contribution is -2.41. The third-order valence-corrected chi connectivity index (χ3v) is 10.2. The summed E-state index contributed by atoms with van der Waals surface area (Å²) in [7, 11) is 0. The monoisotopic (exact) mass is 501 g/mol. The van der Waals surface area contributed by atoms with Crippen molar-refractivity contribution in [1.82, 2.24) is 14.5 Å². The molecule has 188 valence electrons. The zero-order valence-electron chi connectivity index (χ0n) is 21.1. The van der Waals surface area contributed by atoms with Crippen molar-refractivity contribution in [3.05, 3.63) is 68.7 Å². The maximum atomic E-state index is 13.2. The molecule has 0 bridgehead atoms. The molecule has 2 aromatic carbocycles. The van der Waals surface area contributed by atoms with E-state index in [0.717, 1.165) is 30.2 Å². The fourth-order valence-electron chi connectivity index (χ4n) is 8.00. The van der Waals surface area contributed by atoms with Gasteiger partial charge in [0.05, 0.1) is 27.0 Å². The summed E-state index contributed by atoms with van der Waals surface area (Å²) in [6.45, 7) is 2.44. The molecule has 2 saturated carbocycles. The first-order valence-electron chi connectivity index (χ1n) is 14.3. The molecular weight excluding hydrogens is 466 g/mol. The van der Waals surface area contributed by atoms with Crippen LogP contribution in [0.2, 0.25) is 5.02 Å². The Morgan fingerprint density at radius 3 is 2.42 bits per heavy atom. The van der Waals surface area contributed by atoms with Crippen molar-refractivity contribution in [2.24, 2.45) is 0 Å². The topological polar surface area (TPSA) is 38.1 Å². The standard InChI is InChI=1S/C31H36ClN3O/c32-25-10-7-11-26-28(25)29(36)33-30-31(16-5-2-6-17-31)24-13-12-22(20-27(24)35(26)30)21-14-18-34(19-15-21)23-8-3-1-4-9-23/h7,10-13,20-21,23H,1-6,8-9,14-19H2. The van der Waals surface area contributed by atoms with Crippen molar-refractivity contribution in [1.29, 1.82) is 0 Å². The van der Waals surface area contributed by atoms with Crippen LogP contribution in [0.4, 0.5) is 0 Å². The van der Waals surface area contributed by atoms with E-state index < -0.39 is 0 Å². The molecule has 36 heavy (non-hydrogen) atoms. The Morgan fingerprint density at radius 1 is 0.889 bits per heavy atom. The lowest BCUT2D eigenvalue weighted by molar-refractivity contribution is 0.122. The van der Waals surface area contributed by atoms with Gasteiger partial charge in [0.2, 0.25) is 0 Å². The van der Waals surface area contributed by atoms with Crippen LogP contribution in [0, 0.1) is 0 Å². The lowest BCUT2D eigenvalue weighted by atomic mass is 9.69. The van der Waals surface area contributed by atoms with Gasteiger partial charge in [-0.1, -0.05) is 68.3 Å². The summed E-state index contributed by atoms with van der Waals surface area (Å²) in [6.07, 6.45) is 15.3. The van der Waals surface area contributed by atoms with E-state index in [0.29, 0.717) is 16.3 Å². The van der Waals surface area contributed by atoms with Gasteiger partial charge in [-0.2, -0.15) is 4.98 Å². The number of aromatic nitrogens is 2. The van der Waals surface area contributed by atoms with Gasteiger partial charge < -0.3 is 4.90 Å². The average Bonchev–Trinajstić information content (AvgIpc) is 3.18. The second-order valence-electron chi connectivity index (χ2n) is 11.7. The number of halogens is 1. The molecule has 3 aromatic rings. The van der Waals surface area contributed by atoms with Crippen molar-refractivity contribution in [3.8, 4) is 5.69 Å². The molecule has 2 aliphatic heterocycles. The molecule has 5 heteroatoms. The second-order valence-corrected chi connectivity index (χ2v) is 12.1. The van der Waals surface area contributed by atoms with Crippen LogP contribution in [0.5, 0.6) is 0 Å². The Balaban J connectivity index is 1.30. The van der Waals surface area contributed by atoms with Crippen LogP contribution in [0.15, 0.2) is 41.2 Å². The van der Waals surface area contributed by atoms with Crippen LogP contribution in [0.1, 0.15) is 99.9 Å². The van der Waals surface area contributed by atoms with E-state index in [9.17, 15) is 4.79 Å². The van der Waals surface area contributed by atoms with E-state index in [1.807, 2.05) is 12.1 Å². The maximum absolute atomic E-state index is 13.2. The third kappa shape index (κ3) is 3.51. The van der Waals surface area contributed by atoms with E-state index in [1.165, 1.54) is 94.1 Å². The van der Waals surface area contributed by atoms with Crippen molar-refractivity contribution in [2.45, 2.75) is 94.4 Å². The van der Waals surface area contributed by atoms with Gasteiger partial charge in [-0.15, -0.1) is 0 Å². The van der Waals surface area contributed by atoms with Crippen LogP contribution in [-0.4, -0.2) is 33.6 Å². The molecule has 3 fully saturated rings. The minimum absolute atomic E-state index is 0.147. The van der Waals surface area contributed by atoms with Crippen LogP contribution >= 0.6 is 11.6 Å². The quantitative estimate of drug-likeness (QED) is 0.375. The molecule has 2 aliphatic carbocycles. The highest BCUT2D eigenvalue weighted by Gasteiger charge is 2.46. The van der Waals surface area contributed by atoms with E-state index in [1.54, 1.807) is 0 Å². The molecule has 7 rings (SSSR count). The van der Waals surface area contributed by atoms with E-state index in [2.05, 4.69) is 33.7 Å². The van der Waals surface area contributed by atoms with Crippen LogP contribution in [0.25, 0.3) is 16.6 Å². The smallest absolute Gasteiger partial charge is 0.282 e. The summed E-state index contributed by atoms with van der Waals surface area (Å²) in [5.41, 5.74) is 4.63. The molecule has 1 saturated heterocycles. The molecule has 4 aliphatic rings. The molecule has 4 nitrogen and oxygen atoms in total. The van der Waals surface area contributed by atoms with Crippen molar-refractivity contribution in [2.75, 3.05) is 13.1 Å². The summed E-state index contributed by atoms with van der Waals surface area (Å²) in [6, 6.07) is 13.9. The number of hydrogen-bond donors (Lipinski definition) is 0. The first-order chi connectivity index (χ1) is 17.7. The number of piperidine rings is 1. The van der Waals surface area contributed by atoms with Gasteiger partial charge in [-0.3, -0.25) is 9.36 Å². The van der Waals surface area contributed by atoms with Crippen molar-refractivity contribution in [3.63, 3.8) is 0 Å². The molecule has 0 N–H and O–H groups in total. The Hall–Kier alpha value is -2.17. The van der Waals surface area contributed by atoms with Gasteiger partial charge in [0.25, 0.3) is 5.56 Å². The van der Waals surface area contributed by atoms with E-state index >= 15 is 0 Å². The summed E-state index contributed by atoms with van der Waals surface area (Å²) < 4.78 is 2.30. The van der Waals surface area contributed by atoms with Crippen LogP contribution in [-0.2, 0) is 5.41 Å². The normalized spacial score (nSPS) is 22.7. The van der Waals surface area contributed by atoms with Crippen LogP contribution in [0.3, 0.4) is 0 Å². The number of likely N-dealkylation sites (tertiary alicyclic amines) is 1. The lowest BCUT2D eigenvalue weighted by Gasteiger charge is -2.39. The SMILES string of the molecule is O=c1nc2n(c3cccc(Cl)c13)-c1cc(C3CCN(C4CCCCC4)CC3)ccc1C21CCCCC1. The van der Waals surface area contributed by atoms with Crippen LogP contribution < -0.4 is 5.56 Å². The highest BCUT2D eigenvalue weighted by Crippen LogP contribution is 2.52. The van der Waals surface area contributed by atoms with Crippen molar-refractivity contribution >= 4 is 22.5 Å². The van der Waals surface area contributed by atoms with Gasteiger partial charge in [-0.05, 0) is 86.9 Å². The second kappa shape index (κ2) is 8.99. The predicted octanol–water partition coefficient (Wildman–Crippen LogP) is 7.11. The number of rotatable bonds is 2. The Kier molecular flexibility index (Phi) is 5.74. The first-order valence-corrected chi connectivity index (χ1v) is 14.6. The minimum Gasteiger partial charge on any atom is -0.300 e. The van der Waals surface area contributed by atoms with E-state index in [4.69, 9.17) is 16.6 Å². The summed E-state index contributed by atoms with van der Waals surface area (Å²) >= 11 is 6.54. The first kappa shape index (κ1) is 23.0. The molecular formula is C31H36ClN3O. The molecule has 1 spiro atoms. The van der Waals surface area contributed by atoms with Gasteiger partial charge in [-0.25, -0.2) is 0 Å². The fraction of sp³-hybridized carbons (Fsp3) is 0.548. The van der Waals surface area contributed by atoms with Gasteiger partial charge in [0.1, 0.15) is 5.82 Å².